The standard InChI is InChI=1S/C14H20O5/c1-18-13-7-5-11(6-8-13)10-19-14(17)4-2-3-12(16)9-15/h5-8,12,15-16H,2-4,9-10H2,1H3/t12-/m0/s1. The first-order chi connectivity index (χ1) is 9.15. The van der Waals surface area contributed by atoms with Crippen LogP contribution in [0.15, 0.2) is 24.3 Å². The molecule has 5 heteroatoms. The average Bonchev–Trinajstić information content (AvgIpc) is 2.45. The number of carbonyl (C=O) groups excluding carboxylic acids is 1. The number of esters is 1. The van der Waals surface area contributed by atoms with Crippen LogP contribution in [0.1, 0.15) is 24.8 Å². The predicted octanol–water partition coefficient (Wildman–Crippen LogP) is 1.26. The van der Waals surface area contributed by atoms with Gasteiger partial charge in [0.2, 0.25) is 0 Å². The Hall–Kier alpha value is -1.59. The van der Waals surface area contributed by atoms with Crippen molar-refractivity contribution in [3.63, 3.8) is 0 Å². The fourth-order valence-corrected chi connectivity index (χ4v) is 1.53. The predicted molar refractivity (Wildman–Crippen MR) is 69.7 cm³/mol. The molecule has 0 radical (unpaired) electrons. The molecule has 1 aromatic carbocycles. The van der Waals surface area contributed by atoms with E-state index in [1.165, 1.54) is 0 Å². The van der Waals surface area contributed by atoms with Crippen LogP contribution in [-0.2, 0) is 16.1 Å². The molecule has 0 amide bonds. The van der Waals surface area contributed by atoms with Crippen LogP contribution in [0.5, 0.6) is 5.75 Å². The van der Waals surface area contributed by atoms with Crippen LogP contribution in [0.3, 0.4) is 0 Å². The lowest BCUT2D eigenvalue weighted by Gasteiger charge is -2.07. The van der Waals surface area contributed by atoms with Crippen molar-refractivity contribution in [3.05, 3.63) is 29.8 Å². The van der Waals surface area contributed by atoms with Crippen molar-refractivity contribution in [3.8, 4) is 5.75 Å². The third kappa shape index (κ3) is 6.22. The van der Waals surface area contributed by atoms with E-state index in [2.05, 4.69) is 0 Å². The van der Waals surface area contributed by atoms with E-state index < -0.39 is 6.10 Å². The largest absolute Gasteiger partial charge is 0.497 e. The van der Waals surface area contributed by atoms with Crippen molar-refractivity contribution in [2.75, 3.05) is 13.7 Å². The van der Waals surface area contributed by atoms with E-state index >= 15 is 0 Å². The second-order valence-corrected chi connectivity index (χ2v) is 4.24. The van der Waals surface area contributed by atoms with E-state index in [9.17, 15) is 4.79 Å². The Bertz CT molecular complexity index is 374. The molecule has 1 atom stereocenters. The number of rotatable bonds is 8. The molecule has 0 aromatic heterocycles. The Kier molecular flexibility index (Phi) is 6.92. The molecule has 5 nitrogen and oxygen atoms in total. The highest BCUT2D eigenvalue weighted by atomic mass is 16.5. The summed E-state index contributed by atoms with van der Waals surface area (Å²) in [5.41, 5.74) is 0.893. The molecule has 0 aliphatic rings. The van der Waals surface area contributed by atoms with Gasteiger partial charge in [0.05, 0.1) is 19.8 Å². The van der Waals surface area contributed by atoms with Crippen molar-refractivity contribution >= 4 is 5.97 Å². The van der Waals surface area contributed by atoms with Gasteiger partial charge in [0.25, 0.3) is 0 Å². The number of hydrogen-bond donors (Lipinski definition) is 2. The van der Waals surface area contributed by atoms with Gasteiger partial charge in [0.1, 0.15) is 12.4 Å². The summed E-state index contributed by atoms with van der Waals surface area (Å²) in [6.07, 6.45) is 0.388. The minimum Gasteiger partial charge on any atom is -0.497 e. The molecule has 106 valence electrons. The van der Waals surface area contributed by atoms with Gasteiger partial charge in [-0.15, -0.1) is 0 Å². The lowest BCUT2D eigenvalue weighted by atomic mass is 10.1. The number of benzene rings is 1. The molecule has 0 spiro atoms. The quantitative estimate of drug-likeness (QED) is 0.694. The number of aliphatic hydroxyl groups is 2. The maximum absolute atomic E-state index is 11.4. The normalized spacial score (nSPS) is 11.9. The van der Waals surface area contributed by atoms with Gasteiger partial charge in [-0.1, -0.05) is 12.1 Å². The maximum atomic E-state index is 11.4. The lowest BCUT2D eigenvalue weighted by molar-refractivity contribution is -0.145. The van der Waals surface area contributed by atoms with Gasteiger partial charge >= 0.3 is 5.97 Å². The van der Waals surface area contributed by atoms with E-state index in [4.69, 9.17) is 19.7 Å². The van der Waals surface area contributed by atoms with Crippen LogP contribution in [0, 0.1) is 0 Å². The summed E-state index contributed by atoms with van der Waals surface area (Å²) in [6.45, 7) is -0.0493. The van der Waals surface area contributed by atoms with Crippen LogP contribution in [0.2, 0.25) is 0 Å². The van der Waals surface area contributed by atoms with E-state index in [0.717, 1.165) is 11.3 Å². The molecular formula is C14H20O5. The third-order valence-electron chi connectivity index (χ3n) is 2.69. The molecule has 0 bridgehead atoms. The topological polar surface area (TPSA) is 76.0 Å². The monoisotopic (exact) mass is 268 g/mol. The minimum absolute atomic E-state index is 0.228. The highest BCUT2D eigenvalue weighted by molar-refractivity contribution is 5.69. The summed E-state index contributed by atoms with van der Waals surface area (Å²) in [4.78, 5) is 11.4. The molecule has 0 saturated carbocycles. The van der Waals surface area contributed by atoms with Crippen LogP contribution < -0.4 is 4.74 Å². The minimum atomic E-state index is -0.755. The molecule has 0 unspecified atom stereocenters. The highest BCUT2D eigenvalue weighted by Crippen LogP contribution is 2.12. The summed E-state index contributed by atoms with van der Waals surface area (Å²) in [6, 6.07) is 7.28. The van der Waals surface area contributed by atoms with Crippen LogP contribution >= 0.6 is 0 Å². The molecule has 0 heterocycles. The molecule has 0 aliphatic carbocycles. The summed E-state index contributed by atoms with van der Waals surface area (Å²) in [7, 11) is 1.59. The van der Waals surface area contributed by atoms with Gasteiger partial charge in [-0.05, 0) is 30.5 Å². The first-order valence-electron chi connectivity index (χ1n) is 6.23. The van der Waals surface area contributed by atoms with Crippen LogP contribution in [0.4, 0.5) is 0 Å². The van der Waals surface area contributed by atoms with E-state index in [-0.39, 0.29) is 25.6 Å². The van der Waals surface area contributed by atoms with E-state index in [1.807, 2.05) is 12.1 Å². The van der Waals surface area contributed by atoms with Gasteiger partial charge in [-0.25, -0.2) is 0 Å². The second-order valence-electron chi connectivity index (χ2n) is 4.24. The van der Waals surface area contributed by atoms with Crippen molar-refractivity contribution in [1.82, 2.24) is 0 Å². The lowest BCUT2D eigenvalue weighted by Crippen LogP contribution is -2.12. The Morgan fingerprint density at radius 2 is 2.00 bits per heavy atom. The van der Waals surface area contributed by atoms with Crippen molar-refractivity contribution in [2.24, 2.45) is 0 Å². The van der Waals surface area contributed by atoms with Crippen LogP contribution in [0.25, 0.3) is 0 Å². The highest BCUT2D eigenvalue weighted by Gasteiger charge is 2.06. The molecule has 1 rings (SSSR count). The number of ether oxygens (including phenoxy) is 2. The molecule has 2 N–H and O–H groups in total. The number of hydrogen-bond acceptors (Lipinski definition) is 5. The molecule has 1 aromatic rings. The number of methoxy groups -OCH3 is 1. The van der Waals surface area contributed by atoms with Crippen molar-refractivity contribution < 1.29 is 24.5 Å². The van der Waals surface area contributed by atoms with Crippen molar-refractivity contribution in [1.29, 1.82) is 0 Å². The third-order valence-corrected chi connectivity index (χ3v) is 2.69. The van der Waals surface area contributed by atoms with Gasteiger partial charge in [-0.3, -0.25) is 4.79 Å². The summed E-state index contributed by atoms with van der Waals surface area (Å²) < 4.78 is 10.1. The van der Waals surface area contributed by atoms with E-state index in [1.54, 1.807) is 19.2 Å². The van der Waals surface area contributed by atoms with Crippen LogP contribution in [-0.4, -0.2) is 36.0 Å². The molecular weight excluding hydrogens is 248 g/mol. The molecule has 0 fully saturated rings. The summed E-state index contributed by atoms with van der Waals surface area (Å²) in [5.74, 6) is 0.453. The smallest absolute Gasteiger partial charge is 0.306 e. The van der Waals surface area contributed by atoms with Gasteiger partial charge in [0, 0.05) is 6.42 Å². The average molecular weight is 268 g/mol. The first-order valence-corrected chi connectivity index (χ1v) is 6.23. The SMILES string of the molecule is COc1ccc(COC(=O)CCC[C@H](O)CO)cc1. The zero-order valence-electron chi connectivity index (χ0n) is 11.0. The first kappa shape index (κ1) is 15.5. The number of aliphatic hydroxyl groups excluding tert-OH is 2. The zero-order chi connectivity index (χ0) is 14.1. The summed E-state index contributed by atoms with van der Waals surface area (Å²) in [5, 5.41) is 17.7. The Morgan fingerprint density at radius 3 is 2.58 bits per heavy atom. The van der Waals surface area contributed by atoms with Crippen molar-refractivity contribution in [2.45, 2.75) is 32.0 Å². The molecule has 0 saturated heterocycles. The molecule has 19 heavy (non-hydrogen) atoms. The van der Waals surface area contributed by atoms with E-state index in [0.29, 0.717) is 12.8 Å². The van der Waals surface area contributed by atoms with Gasteiger partial charge in [0.15, 0.2) is 0 Å². The summed E-state index contributed by atoms with van der Waals surface area (Å²) >= 11 is 0. The maximum Gasteiger partial charge on any atom is 0.306 e. The Balaban J connectivity index is 2.22. The molecule has 0 aliphatic heterocycles. The fourth-order valence-electron chi connectivity index (χ4n) is 1.53. The Morgan fingerprint density at radius 1 is 1.32 bits per heavy atom. The second kappa shape index (κ2) is 8.50. The van der Waals surface area contributed by atoms with Gasteiger partial charge < -0.3 is 19.7 Å². The fraction of sp³-hybridized carbons (Fsp3) is 0.500. The number of carbonyl (C=O) groups is 1. The Labute approximate surface area is 112 Å². The van der Waals surface area contributed by atoms with Gasteiger partial charge in [-0.2, -0.15) is 0 Å². The zero-order valence-corrected chi connectivity index (χ0v) is 11.0.